The maximum absolute atomic E-state index is 11.6. The molecule has 0 bridgehead atoms. The standard InChI is InChI=1S/C8H9N5O5S/c1-17-2-3-18-19(15,16)13(14)8-11-6(4-9)7(5-10)12-8/h13H,2-3H2,1H3,(H,11,12). The Morgan fingerprint density at radius 3 is 2.58 bits per heavy atom. The first-order valence-corrected chi connectivity index (χ1v) is 6.20. The Morgan fingerprint density at radius 2 is 2.11 bits per heavy atom. The van der Waals surface area contributed by atoms with E-state index < -0.39 is 20.7 Å². The average molecular weight is 287 g/mol. The summed E-state index contributed by atoms with van der Waals surface area (Å²) in [5, 5.41) is 28.9. The van der Waals surface area contributed by atoms with E-state index in [0.29, 0.717) is 0 Å². The summed E-state index contributed by atoms with van der Waals surface area (Å²) in [5.74, 6) is -0.648. The van der Waals surface area contributed by atoms with Gasteiger partial charge in [-0.15, -0.1) is 8.42 Å². The molecule has 0 aliphatic heterocycles. The van der Waals surface area contributed by atoms with Crippen LogP contribution in [0.4, 0.5) is 5.95 Å². The van der Waals surface area contributed by atoms with Gasteiger partial charge in [0.15, 0.2) is 11.4 Å². The topological polar surface area (TPSA) is 156 Å². The molecule has 1 heterocycles. The van der Waals surface area contributed by atoms with Gasteiger partial charge in [-0.2, -0.15) is 20.0 Å². The monoisotopic (exact) mass is 287 g/mol. The number of H-pyrrole nitrogens is 1. The quantitative estimate of drug-likeness (QED) is 0.452. The van der Waals surface area contributed by atoms with Gasteiger partial charge in [0.2, 0.25) is 0 Å². The highest BCUT2D eigenvalue weighted by molar-refractivity contribution is 7.80. The Balaban J connectivity index is 2.94. The number of imidazole rings is 1. The maximum atomic E-state index is 11.6. The van der Waals surface area contributed by atoms with Crippen molar-refractivity contribution in [1.82, 2.24) is 9.97 Å². The first kappa shape index (κ1) is 15.0. The van der Waals surface area contributed by atoms with Crippen LogP contribution in [0, 0.1) is 27.9 Å². The molecule has 0 aliphatic rings. The Morgan fingerprint density at radius 1 is 1.42 bits per heavy atom. The number of methoxy groups -OCH3 is 1. The molecule has 1 rings (SSSR count). The summed E-state index contributed by atoms with van der Waals surface area (Å²) < 4.78 is 30.4. The Bertz CT molecular complexity index is 593. The van der Waals surface area contributed by atoms with Crippen LogP contribution in [0.1, 0.15) is 11.4 Å². The van der Waals surface area contributed by atoms with Crippen LogP contribution in [-0.2, 0) is 19.2 Å². The van der Waals surface area contributed by atoms with E-state index in [2.05, 4.69) is 18.9 Å². The number of nitrogens with one attached hydrogen (secondary N) is 2. The van der Waals surface area contributed by atoms with E-state index >= 15 is 0 Å². The maximum Gasteiger partial charge on any atom is 0.441 e. The first-order chi connectivity index (χ1) is 8.96. The van der Waals surface area contributed by atoms with Gasteiger partial charge in [0.1, 0.15) is 12.1 Å². The van der Waals surface area contributed by atoms with E-state index in [1.54, 1.807) is 12.1 Å². The van der Waals surface area contributed by atoms with Gasteiger partial charge in [-0.3, -0.25) is 4.98 Å². The van der Waals surface area contributed by atoms with Crippen LogP contribution in [-0.4, -0.2) is 38.7 Å². The molecule has 102 valence electrons. The Hall–Kier alpha value is -2.02. The van der Waals surface area contributed by atoms with Gasteiger partial charge < -0.3 is 9.94 Å². The highest BCUT2D eigenvalue weighted by Crippen LogP contribution is 2.04. The molecular formula is C8H9N5O5S. The van der Waals surface area contributed by atoms with Gasteiger partial charge in [0.25, 0.3) is 0 Å². The molecule has 10 nitrogen and oxygen atoms in total. The number of nitriles is 2. The number of rotatable bonds is 6. The van der Waals surface area contributed by atoms with Crippen LogP contribution in [0.25, 0.3) is 0 Å². The average Bonchev–Trinajstić information content (AvgIpc) is 2.81. The second kappa shape index (κ2) is 6.24. The highest BCUT2D eigenvalue weighted by Gasteiger charge is 2.26. The van der Waals surface area contributed by atoms with Crippen molar-refractivity contribution in [2.45, 2.75) is 0 Å². The highest BCUT2D eigenvalue weighted by atomic mass is 32.2. The third kappa shape index (κ3) is 3.47. The van der Waals surface area contributed by atoms with Crippen molar-refractivity contribution < 1.29 is 21.8 Å². The number of aromatic amines is 1. The molecule has 1 unspecified atom stereocenters. The predicted octanol–water partition coefficient (Wildman–Crippen LogP) is -1.92. The molecule has 0 aliphatic carbocycles. The molecule has 1 atom stereocenters. The fourth-order valence-corrected chi connectivity index (χ4v) is 1.76. The molecule has 0 saturated heterocycles. The van der Waals surface area contributed by atoms with Crippen LogP contribution in [0.2, 0.25) is 0 Å². The van der Waals surface area contributed by atoms with E-state index in [4.69, 9.17) is 10.5 Å². The van der Waals surface area contributed by atoms with E-state index in [1.807, 2.05) is 0 Å². The normalized spacial score (nSPS) is 12.6. The number of ether oxygens (including phenoxy) is 1. The second-order valence-electron chi connectivity index (χ2n) is 3.09. The summed E-state index contributed by atoms with van der Waals surface area (Å²) >= 11 is 0. The molecule has 0 amide bonds. The molecule has 0 radical (unpaired) electrons. The molecule has 0 fully saturated rings. The number of hydrogen-bond acceptors (Lipinski definition) is 8. The zero-order valence-corrected chi connectivity index (χ0v) is 10.5. The molecule has 11 heteroatoms. The lowest BCUT2D eigenvalue weighted by atomic mass is 10.4. The summed E-state index contributed by atoms with van der Waals surface area (Å²) in [6.07, 6.45) is 0. The van der Waals surface area contributed by atoms with Crippen molar-refractivity contribution >= 4 is 16.3 Å². The van der Waals surface area contributed by atoms with E-state index in [-0.39, 0.29) is 24.6 Å². The summed E-state index contributed by atoms with van der Waals surface area (Å²) in [6, 6.07) is 3.13. The van der Waals surface area contributed by atoms with Crippen molar-refractivity contribution in [1.29, 1.82) is 10.5 Å². The zero-order valence-electron chi connectivity index (χ0n) is 9.71. The van der Waals surface area contributed by atoms with E-state index in [9.17, 15) is 13.6 Å². The van der Waals surface area contributed by atoms with Crippen molar-refractivity contribution in [3.05, 3.63) is 16.6 Å². The van der Waals surface area contributed by atoms with Gasteiger partial charge in [-0.05, 0) is 0 Å². The number of quaternary nitrogens is 1. The Labute approximate surface area is 108 Å². The molecule has 0 aromatic carbocycles. The SMILES string of the molecule is COCCOS(=O)(=O)[NH+]([O-])c1nc(C#N)c(C#N)[nH]1. The molecule has 0 saturated carbocycles. The van der Waals surface area contributed by atoms with E-state index in [0.717, 1.165) is 0 Å². The lowest BCUT2D eigenvalue weighted by Crippen LogP contribution is -3.05. The minimum Gasteiger partial charge on any atom is -0.609 e. The lowest BCUT2D eigenvalue weighted by Gasteiger charge is -2.16. The molecule has 2 N–H and O–H groups in total. The van der Waals surface area contributed by atoms with E-state index in [1.165, 1.54) is 7.11 Å². The van der Waals surface area contributed by atoms with Gasteiger partial charge in [0, 0.05) is 7.11 Å². The van der Waals surface area contributed by atoms with Crippen molar-refractivity contribution in [2.24, 2.45) is 0 Å². The first-order valence-electron chi connectivity index (χ1n) is 4.79. The second-order valence-corrected chi connectivity index (χ2v) is 4.60. The summed E-state index contributed by atoms with van der Waals surface area (Å²) in [5.41, 5.74) is -0.657. The molecular weight excluding hydrogens is 278 g/mol. The minimum absolute atomic E-state index is 0.0163. The largest absolute Gasteiger partial charge is 0.609 e. The summed E-state index contributed by atoms with van der Waals surface area (Å²) in [6.45, 7) is -0.348. The summed E-state index contributed by atoms with van der Waals surface area (Å²) in [7, 11) is -3.20. The molecule has 19 heavy (non-hydrogen) atoms. The summed E-state index contributed by atoms with van der Waals surface area (Å²) in [4.78, 5) is 5.56. The molecule has 0 spiro atoms. The van der Waals surface area contributed by atoms with Gasteiger partial charge in [-0.1, -0.05) is 0 Å². The fourth-order valence-electron chi connectivity index (χ4n) is 1.03. The van der Waals surface area contributed by atoms with Crippen LogP contribution in [0.5, 0.6) is 0 Å². The van der Waals surface area contributed by atoms with Gasteiger partial charge in [-0.25, -0.2) is 4.18 Å². The third-order valence-corrected chi connectivity index (χ3v) is 2.99. The van der Waals surface area contributed by atoms with Crippen molar-refractivity contribution in [2.75, 3.05) is 20.3 Å². The van der Waals surface area contributed by atoms with Crippen molar-refractivity contribution in [3.8, 4) is 12.1 Å². The Kier molecular flexibility index (Phi) is 4.94. The van der Waals surface area contributed by atoms with Gasteiger partial charge >= 0.3 is 16.3 Å². The van der Waals surface area contributed by atoms with Crippen LogP contribution < -0.4 is 4.47 Å². The van der Waals surface area contributed by atoms with Crippen LogP contribution in [0.3, 0.4) is 0 Å². The number of nitrogens with zero attached hydrogens (tertiary/aromatic N) is 3. The predicted molar refractivity (Wildman–Crippen MR) is 58.8 cm³/mol. The van der Waals surface area contributed by atoms with Crippen LogP contribution in [0.15, 0.2) is 0 Å². The number of aromatic nitrogens is 2. The molecule has 1 aromatic rings. The lowest BCUT2D eigenvalue weighted by molar-refractivity contribution is -0.638. The zero-order chi connectivity index (χ0) is 14.5. The van der Waals surface area contributed by atoms with Gasteiger partial charge in [0.05, 0.1) is 13.2 Å². The minimum atomic E-state index is -4.54. The van der Waals surface area contributed by atoms with Crippen molar-refractivity contribution in [3.63, 3.8) is 0 Å². The third-order valence-electron chi connectivity index (χ3n) is 1.87. The fraction of sp³-hybridized carbons (Fsp3) is 0.375. The smallest absolute Gasteiger partial charge is 0.441 e. The molecule has 1 aromatic heterocycles. The number of hydrogen-bond donors (Lipinski definition) is 2. The van der Waals surface area contributed by atoms with Crippen LogP contribution >= 0.6 is 0 Å².